The minimum atomic E-state index is -5.97. The lowest BCUT2D eigenvalue weighted by Crippen LogP contribution is -2.60. The normalized spacial score (nSPS) is 29.8. The van der Waals surface area contributed by atoms with E-state index in [0.29, 0.717) is 6.42 Å². The summed E-state index contributed by atoms with van der Waals surface area (Å²) in [5.74, 6) is -1.49. The van der Waals surface area contributed by atoms with Gasteiger partial charge < -0.3 is 9.84 Å². The van der Waals surface area contributed by atoms with Crippen molar-refractivity contribution in [1.29, 1.82) is 0 Å². The topological polar surface area (TPSA) is 46.5 Å². The van der Waals surface area contributed by atoms with Crippen LogP contribution in [0.15, 0.2) is 0 Å². The molecule has 2 bridgehead atoms. The summed E-state index contributed by atoms with van der Waals surface area (Å²) in [6.07, 6.45) is -9.11. The molecule has 0 saturated heterocycles. The van der Waals surface area contributed by atoms with E-state index in [1.807, 2.05) is 0 Å². The molecule has 2 aliphatic rings. The molecule has 2 saturated carbocycles. The molecule has 0 radical (unpaired) electrons. The third kappa shape index (κ3) is 2.84. The van der Waals surface area contributed by atoms with Crippen LogP contribution in [0, 0.1) is 17.8 Å². The first kappa shape index (κ1) is 16.4. The molecule has 0 amide bonds. The van der Waals surface area contributed by atoms with Crippen LogP contribution in [0.3, 0.4) is 0 Å². The van der Waals surface area contributed by atoms with Crippen LogP contribution >= 0.6 is 0 Å². The Morgan fingerprint density at radius 1 is 1.05 bits per heavy atom. The van der Waals surface area contributed by atoms with E-state index in [2.05, 4.69) is 4.74 Å². The maximum atomic E-state index is 12.4. The van der Waals surface area contributed by atoms with Crippen molar-refractivity contribution >= 4 is 5.97 Å². The summed E-state index contributed by atoms with van der Waals surface area (Å²) < 4.78 is 78.7. The molecule has 0 aromatic rings. The number of esters is 1. The predicted octanol–water partition coefficient (Wildman–Crippen LogP) is 2.82. The van der Waals surface area contributed by atoms with Crippen molar-refractivity contribution in [2.75, 3.05) is 6.61 Å². The third-order valence-corrected chi connectivity index (χ3v) is 4.40. The van der Waals surface area contributed by atoms with Crippen LogP contribution in [0.1, 0.15) is 25.7 Å². The molecule has 1 N–H and O–H groups in total. The van der Waals surface area contributed by atoms with E-state index < -0.39 is 36.4 Å². The highest BCUT2D eigenvalue weighted by molar-refractivity contribution is 5.73. The minimum Gasteiger partial charge on any atom is -0.462 e. The van der Waals surface area contributed by atoms with Crippen LogP contribution in [0.4, 0.5) is 26.3 Å². The molecule has 0 aromatic carbocycles. The van der Waals surface area contributed by atoms with E-state index in [1.165, 1.54) is 0 Å². The number of carbonyl (C=O) groups is 1. The van der Waals surface area contributed by atoms with E-state index >= 15 is 0 Å². The molecule has 0 aromatic heterocycles. The fourth-order valence-electron chi connectivity index (χ4n) is 3.14. The molecule has 9 heteroatoms. The highest BCUT2D eigenvalue weighted by Crippen LogP contribution is 2.49. The molecular formula is C12H14F6O3. The van der Waals surface area contributed by atoms with E-state index in [4.69, 9.17) is 5.11 Å². The lowest BCUT2D eigenvalue weighted by atomic mass is 9.89. The van der Waals surface area contributed by atoms with Crippen molar-refractivity contribution in [3.63, 3.8) is 0 Å². The summed E-state index contributed by atoms with van der Waals surface area (Å²) in [7, 11) is 0. The minimum absolute atomic E-state index is 0.0348. The number of rotatable bonds is 3. The average Bonchev–Trinajstić information content (AvgIpc) is 2.94. The zero-order valence-corrected chi connectivity index (χ0v) is 10.8. The van der Waals surface area contributed by atoms with E-state index in [1.54, 1.807) is 0 Å². The van der Waals surface area contributed by atoms with Gasteiger partial charge in [-0.2, -0.15) is 26.3 Å². The van der Waals surface area contributed by atoms with E-state index in [0.717, 1.165) is 19.3 Å². The standard InChI is InChI=1S/C12H14F6O3/c13-11(14,15)10(20,12(16,17)18)5-21-9(19)8-4-6-1-2-7(8)3-6/h6-8,20H,1-5H2. The van der Waals surface area contributed by atoms with Crippen molar-refractivity contribution in [2.45, 2.75) is 43.6 Å². The summed E-state index contributed by atoms with van der Waals surface area (Å²) in [4.78, 5) is 11.7. The molecule has 2 fully saturated rings. The van der Waals surface area contributed by atoms with Crippen molar-refractivity contribution in [3.8, 4) is 0 Å². The quantitative estimate of drug-likeness (QED) is 0.642. The van der Waals surface area contributed by atoms with Gasteiger partial charge in [-0.1, -0.05) is 6.42 Å². The van der Waals surface area contributed by atoms with Gasteiger partial charge in [0.05, 0.1) is 5.92 Å². The Hall–Kier alpha value is -0.990. The number of ether oxygens (including phenoxy) is 1. The monoisotopic (exact) mass is 320 g/mol. The second kappa shape index (κ2) is 5.03. The number of carbonyl (C=O) groups excluding carboxylic acids is 1. The molecule has 21 heavy (non-hydrogen) atoms. The number of halogens is 6. The molecule has 2 aliphatic carbocycles. The van der Waals surface area contributed by atoms with Gasteiger partial charge in [0.1, 0.15) is 6.61 Å². The maximum Gasteiger partial charge on any atom is 0.429 e. The lowest BCUT2D eigenvalue weighted by Gasteiger charge is -2.32. The van der Waals surface area contributed by atoms with Crippen LogP contribution in [-0.4, -0.2) is 35.6 Å². The molecule has 122 valence electrons. The molecule has 0 heterocycles. The van der Waals surface area contributed by atoms with Gasteiger partial charge in [-0.05, 0) is 31.1 Å². The molecule has 0 aliphatic heterocycles. The van der Waals surface area contributed by atoms with E-state index in [-0.39, 0.29) is 11.8 Å². The summed E-state index contributed by atoms with van der Waals surface area (Å²) in [5.41, 5.74) is -5.03. The Labute approximate surface area is 116 Å². The Balaban J connectivity index is 2.01. The number of hydrogen-bond donors (Lipinski definition) is 1. The van der Waals surface area contributed by atoms with Crippen LogP contribution < -0.4 is 0 Å². The van der Waals surface area contributed by atoms with Crippen molar-refractivity contribution in [3.05, 3.63) is 0 Å². The molecule has 2 rings (SSSR count). The van der Waals surface area contributed by atoms with Gasteiger partial charge >= 0.3 is 18.3 Å². The summed E-state index contributed by atoms with van der Waals surface area (Å²) >= 11 is 0. The molecule has 3 nitrogen and oxygen atoms in total. The highest BCUT2D eigenvalue weighted by atomic mass is 19.4. The first-order valence-electron chi connectivity index (χ1n) is 6.48. The van der Waals surface area contributed by atoms with Crippen molar-refractivity contribution < 1.29 is 41.0 Å². The lowest BCUT2D eigenvalue weighted by molar-refractivity contribution is -0.375. The largest absolute Gasteiger partial charge is 0.462 e. The summed E-state index contributed by atoms with van der Waals surface area (Å²) in [6, 6.07) is 0. The number of hydrogen-bond acceptors (Lipinski definition) is 3. The Morgan fingerprint density at radius 3 is 2.00 bits per heavy atom. The molecule has 3 atom stereocenters. The van der Waals surface area contributed by atoms with Crippen molar-refractivity contribution in [2.24, 2.45) is 17.8 Å². The van der Waals surface area contributed by atoms with Gasteiger partial charge in [0, 0.05) is 0 Å². The highest BCUT2D eigenvalue weighted by Gasteiger charge is 2.71. The smallest absolute Gasteiger partial charge is 0.429 e. The van der Waals surface area contributed by atoms with Crippen LogP contribution in [0.25, 0.3) is 0 Å². The van der Waals surface area contributed by atoms with Crippen LogP contribution in [0.5, 0.6) is 0 Å². The van der Waals surface area contributed by atoms with Gasteiger partial charge in [0.15, 0.2) is 0 Å². The first-order chi connectivity index (χ1) is 9.46. The van der Waals surface area contributed by atoms with E-state index in [9.17, 15) is 31.1 Å². The first-order valence-corrected chi connectivity index (χ1v) is 6.48. The average molecular weight is 320 g/mol. The van der Waals surface area contributed by atoms with Crippen molar-refractivity contribution in [1.82, 2.24) is 0 Å². The molecular weight excluding hydrogens is 306 g/mol. The maximum absolute atomic E-state index is 12.4. The van der Waals surface area contributed by atoms with Gasteiger partial charge in [0.2, 0.25) is 0 Å². The Morgan fingerprint density at radius 2 is 1.62 bits per heavy atom. The van der Waals surface area contributed by atoms with Crippen LogP contribution in [0.2, 0.25) is 0 Å². The molecule has 0 spiro atoms. The number of fused-ring (bicyclic) bond motifs is 2. The SMILES string of the molecule is O=C(OCC(O)(C(F)(F)F)C(F)(F)F)C1CC2CCC1C2. The third-order valence-electron chi connectivity index (χ3n) is 4.40. The summed E-state index contributed by atoms with van der Waals surface area (Å²) in [6.45, 7) is -2.16. The predicted molar refractivity (Wildman–Crippen MR) is 57.0 cm³/mol. The number of alkyl halides is 6. The molecule has 3 unspecified atom stereocenters. The van der Waals surface area contributed by atoms with Gasteiger partial charge in [-0.3, -0.25) is 4.79 Å². The fraction of sp³-hybridized carbons (Fsp3) is 0.917. The second-order valence-electron chi connectivity index (χ2n) is 5.74. The van der Waals surface area contributed by atoms with Gasteiger partial charge in [0.25, 0.3) is 5.60 Å². The van der Waals surface area contributed by atoms with Crippen LogP contribution in [-0.2, 0) is 9.53 Å². The number of aliphatic hydroxyl groups is 1. The Kier molecular flexibility index (Phi) is 3.92. The van der Waals surface area contributed by atoms with Gasteiger partial charge in [-0.25, -0.2) is 0 Å². The van der Waals surface area contributed by atoms with Gasteiger partial charge in [-0.15, -0.1) is 0 Å². The fourth-order valence-corrected chi connectivity index (χ4v) is 3.14. The second-order valence-corrected chi connectivity index (χ2v) is 5.74. The summed E-state index contributed by atoms with van der Waals surface area (Å²) in [5, 5.41) is 8.88. The Bertz CT molecular complexity index is 402. The zero-order chi connectivity index (χ0) is 16.1. The zero-order valence-electron chi connectivity index (χ0n) is 10.8.